The van der Waals surface area contributed by atoms with E-state index in [0.29, 0.717) is 0 Å². The standard InChI is InChI=1S/C11H12F2O2/c1-3-15-11(14)9-6-4-5-8(7(9)2)10(12)13/h4-6,10H,3H2,1-2H3. The monoisotopic (exact) mass is 214 g/mol. The summed E-state index contributed by atoms with van der Waals surface area (Å²) in [6.07, 6.45) is -2.57. The molecule has 0 atom stereocenters. The fraction of sp³-hybridized carbons (Fsp3) is 0.364. The summed E-state index contributed by atoms with van der Waals surface area (Å²) >= 11 is 0. The van der Waals surface area contributed by atoms with Crippen molar-refractivity contribution in [3.05, 3.63) is 34.9 Å². The lowest BCUT2D eigenvalue weighted by Gasteiger charge is -2.09. The highest BCUT2D eigenvalue weighted by molar-refractivity contribution is 5.91. The smallest absolute Gasteiger partial charge is 0.338 e. The van der Waals surface area contributed by atoms with E-state index >= 15 is 0 Å². The Kier molecular flexibility index (Phi) is 3.77. The molecule has 0 unspecified atom stereocenters. The van der Waals surface area contributed by atoms with E-state index in [1.165, 1.54) is 25.1 Å². The Morgan fingerprint density at radius 2 is 2.13 bits per heavy atom. The highest BCUT2D eigenvalue weighted by Crippen LogP contribution is 2.24. The molecule has 1 aromatic rings. The van der Waals surface area contributed by atoms with Gasteiger partial charge >= 0.3 is 5.97 Å². The molecular weight excluding hydrogens is 202 g/mol. The number of rotatable bonds is 3. The van der Waals surface area contributed by atoms with Crippen LogP contribution in [0.1, 0.15) is 34.8 Å². The first-order valence-corrected chi connectivity index (χ1v) is 4.62. The van der Waals surface area contributed by atoms with Crippen molar-refractivity contribution in [1.29, 1.82) is 0 Å². The third kappa shape index (κ3) is 2.52. The summed E-state index contributed by atoms with van der Waals surface area (Å²) in [5.74, 6) is -0.558. The molecular formula is C11H12F2O2. The van der Waals surface area contributed by atoms with Crippen LogP contribution in [0.15, 0.2) is 18.2 Å². The van der Waals surface area contributed by atoms with Gasteiger partial charge in [0.05, 0.1) is 12.2 Å². The molecule has 4 heteroatoms. The molecule has 0 spiro atoms. The van der Waals surface area contributed by atoms with Crippen LogP contribution in [0.3, 0.4) is 0 Å². The molecule has 0 aliphatic heterocycles. The van der Waals surface area contributed by atoms with Crippen molar-refractivity contribution < 1.29 is 18.3 Å². The zero-order valence-corrected chi connectivity index (χ0v) is 8.59. The summed E-state index contributed by atoms with van der Waals surface area (Å²) < 4.78 is 29.8. The van der Waals surface area contributed by atoms with Crippen molar-refractivity contribution in [1.82, 2.24) is 0 Å². The van der Waals surface area contributed by atoms with Crippen molar-refractivity contribution in [2.75, 3.05) is 6.61 Å². The lowest BCUT2D eigenvalue weighted by atomic mass is 10.0. The third-order valence-electron chi connectivity index (χ3n) is 2.11. The van der Waals surface area contributed by atoms with Gasteiger partial charge in [-0.1, -0.05) is 12.1 Å². The van der Waals surface area contributed by atoms with Gasteiger partial charge in [0.1, 0.15) is 0 Å². The van der Waals surface area contributed by atoms with E-state index in [-0.39, 0.29) is 23.3 Å². The van der Waals surface area contributed by atoms with Crippen LogP contribution in [0.2, 0.25) is 0 Å². The predicted molar refractivity (Wildman–Crippen MR) is 52.1 cm³/mol. The van der Waals surface area contributed by atoms with Crippen LogP contribution in [-0.2, 0) is 4.74 Å². The van der Waals surface area contributed by atoms with Crippen LogP contribution in [0.4, 0.5) is 8.78 Å². The third-order valence-corrected chi connectivity index (χ3v) is 2.11. The predicted octanol–water partition coefficient (Wildman–Crippen LogP) is 3.11. The summed E-state index contributed by atoms with van der Waals surface area (Å²) in [6, 6.07) is 4.22. The quantitative estimate of drug-likeness (QED) is 0.722. The highest BCUT2D eigenvalue weighted by atomic mass is 19.3. The first-order valence-electron chi connectivity index (χ1n) is 4.62. The Labute approximate surface area is 86.9 Å². The molecule has 0 aliphatic carbocycles. The van der Waals surface area contributed by atoms with Gasteiger partial charge in [-0.3, -0.25) is 0 Å². The molecule has 0 saturated carbocycles. The topological polar surface area (TPSA) is 26.3 Å². The lowest BCUT2D eigenvalue weighted by molar-refractivity contribution is 0.0525. The number of carbonyl (C=O) groups excluding carboxylic acids is 1. The average Bonchev–Trinajstić information content (AvgIpc) is 2.17. The molecule has 0 saturated heterocycles. The lowest BCUT2D eigenvalue weighted by Crippen LogP contribution is -2.08. The van der Waals surface area contributed by atoms with Crippen LogP contribution < -0.4 is 0 Å². The number of hydrogen-bond acceptors (Lipinski definition) is 2. The van der Waals surface area contributed by atoms with Gasteiger partial charge in [-0.05, 0) is 25.5 Å². The van der Waals surface area contributed by atoms with Crippen molar-refractivity contribution in [3.8, 4) is 0 Å². The largest absolute Gasteiger partial charge is 0.462 e. The molecule has 0 aromatic heterocycles. The number of halogens is 2. The SMILES string of the molecule is CCOC(=O)c1cccc(C(F)F)c1C. The molecule has 0 aliphatic rings. The second-order valence-corrected chi connectivity index (χ2v) is 3.04. The second-order valence-electron chi connectivity index (χ2n) is 3.04. The second kappa shape index (κ2) is 4.87. The summed E-state index contributed by atoms with van der Waals surface area (Å²) in [4.78, 5) is 11.4. The van der Waals surface area contributed by atoms with Crippen LogP contribution in [0.5, 0.6) is 0 Å². The first kappa shape index (κ1) is 11.6. The zero-order valence-electron chi connectivity index (χ0n) is 8.59. The number of esters is 1. The van der Waals surface area contributed by atoms with E-state index < -0.39 is 12.4 Å². The number of ether oxygens (including phenoxy) is 1. The van der Waals surface area contributed by atoms with Crippen molar-refractivity contribution >= 4 is 5.97 Å². The van der Waals surface area contributed by atoms with Gasteiger partial charge in [0.15, 0.2) is 0 Å². The van der Waals surface area contributed by atoms with Gasteiger partial charge in [-0.2, -0.15) is 0 Å². The molecule has 0 radical (unpaired) electrons. The minimum Gasteiger partial charge on any atom is -0.462 e. The Bertz CT molecular complexity index is 362. The molecule has 0 heterocycles. The fourth-order valence-electron chi connectivity index (χ4n) is 1.32. The van der Waals surface area contributed by atoms with Crippen molar-refractivity contribution in [3.63, 3.8) is 0 Å². The van der Waals surface area contributed by atoms with Gasteiger partial charge in [-0.15, -0.1) is 0 Å². The van der Waals surface area contributed by atoms with Crippen LogP contribution >= 0.6 is 0 Å². The van der Waals surface area contributed by atoms with E-state index in [1.54, 1.807) is 6.92 Å². The summed E-state index contributed by atoms with van der Waals surface area (Å²) in [7, 11) is 0. The Morgan fingerprint density at radius 3 is 2.67 bits per heavy atom. The number of alkyl halides is 2. The van der Waals surface area contributed by atoms with E-state index in [0.717, 1.165) is 0 Å². The van der Waals surface area contributed by atoms with Gasteiger partial charge < -0.3 is 4.74 Å². The molecule has 2 nitrogen and oxygen atoms in total. The van der Waals surface area contributed by atoms with Gasteiger partial charge in [0, 0.05) is 5.56 Å². The number of hydrogen-bond donors (Lipinski definition) is 0. The highest BCUT2D eigenvalue weighted by Gasteiger charge is 2.17. The van der Waals surface area contributed by atoms with Gasteiger partial charge in [0.2, 0.25) is 0 Å². The summed E-state index contributed by atoms with van der Waals surface area (Å²) in [6.45, 7) is 3.40. The fourth-order valence-corrected chi connectivity index (χ4v) is 1.32. The Balaban J connectivity index is 3.09. The first-order chi connectivity index (χ1) is 7.07. The molecule has 0 N–H and O–H groups in total. The zero-order chi connectivity index (χ0) is 11.4. The Morgan fingerprint density at radius 1 is 1.47 bits per heavy atom. The minimum atomic E-state index is -2.57. The van der Waals surface area contributed by atoms with Gasteiger partial charge in [0.25, 0.3) is 6.43 Å². The van der Waals surface area contributed by atoms with E-state index in [9.17, 15) is 13.6 Å². The number of carbonyl (C=O) groups is 1. The molecule has 0 fully saturated rings. The summed E-state index contributed by atoms with van der Waals surface area (Å²) in [5, 5.41) is 0. The molecule has 15 heavy (non-hydrogen) atoms. The molecule has 82 valence electrons. The van der Waals surface area contributed by atoms with Crippen molar-refractivity contribution in [2.24, 2.45) is 0 Å². The Hall–Kier alpha value is -1.45. The van der Waals surface area contributed by atoms with Gasteiger partial charge in [-0.25, -0.2) is 13.6 Å². The maximum Gasteiger partial charge on any atom is 0.338 e. The van der Waals surface area contributed by atoms with Crippen LogP contribution in [0, 0.1) is 6.92 Å². The normalized spacial score (nSPS) is 10.5. The van der Waals surface area contributed by atoms with E-state index in [2.05, 4.69) is 0 Å². The van der Waals surface area contributed by atoms with Crippen LogP contribution in [0.25, 0.3) is 0 Å². The van der Waals surface area contributed by atoms with Crippen LogP contribution in [-0.4, -0.2) is 12.6 Å². The molecule has 0 bridgehead atoms. The minimum absolute atomic E-state index is 0.124. The molecule has 0 amide bonds. The maximum absolute atomic E-state index is 12.5. The number of benzene rings is 1. The maximum atomic E-state index is 12.5. The molecule has 1 aromatic carbocycles. The van der Waals surface area contributed by atoms with Crippen molar-refractivity contribution in [2.45, 2.75) is 20.3 Å². The van der Waals surface area contributed by atoms with E-state index in [4.69, 9.17) is 4.74 Å². The summed E-state index contributed by atoms with van der Waals surface area (Å²) in [5.41, 5.74) is 0.362. The average molecular weight is 214 g/mol. The molecule has 1 rings (SSSR count). The van der Waals surface area contributed by atoms with E-state index in [1.807, 2.05) is 0 Å².